The number of hydrogen-bond donors (Lipinski definition) is 2. The maximum atomic E-state index is 13.5. The molecule has 1 rings (SSSR count). The van der Waals surface area contributed by atoms with E-state index in [9.17, 15) is 9.18 Å². The van der Waals surface area contributed by atoms with E-state index in [2.05, 4.69) is 24.5 Å². The third-order valence-electron chi connectivity index (χ3n) is 3.82. The van der Waals surface area contributed by atoms with E-state index in [0.717, 1.165) is 31.5 Å². The van der Waals surface area contributed by atoms with E-state index in [1.54, 1.807) is 18.2 Å². The van der Waals surface area contributed by atoms with Crippen LogP contribution in [0.5, 0.6) is 0 Å². The average molecular weight is 308 g/mol. The molecule has 1 aliphatic rings. The lowest BCUT2D eigenvalue weighted by Gasteiger charge is -2.29. The number of nitrogens with one attached hydrogen (secondary N) is 2. The summed E-state index contributed by atoms with van der Waals surface area (Å²) in [5, 5.41) is 6.39. The molecule has 1 aliphatic heterocycles. The summed E-state index contributed by atoms with van der Waals surface area (Å²) in [4.78, 5) is 11.2. The molecule has 0 aromatic carbocycles. The third-order valence-corrected chi connectivity index (χ3v) is 3.82. The Morgan fingerprint density at radius 3 is 2.82 bits per heavy atom. The SMILES string of the molecule is C\C=C/C=C(F)\C=C(/C)CCNC(C)(C)CC1CNC(=O)C1. The molecule has 0 radical (unpaired) electrons. The van der Waals surface area contributed by atoms with E-state index in [1.807, 2.05) is 13.8 Å². The molecule has 1 heterocycles. The highest BCUT2D eigenvalue weighted by Crippen LogP contribution is 2.22. The van der Waals surface area contributed by atoms with Crippen molar-refractivity contribution < 1.29 is 9.18 Å². The van der Waals surface area contributed by atoms with Crippen LogP contribution in [0.4, 0.5) is 4.39 Å². The number of amides is 1. The van der Waals surface area contributed by atoms with E-state index in [1.165, 1.54) is 6.08 Å². The zero-order chi connectivity index (χ0) is 16.6. The molecule has 1 unspecified atom stereocenters. The van der Waals surface area contributed by atoms with Gasteiger partial charge in [0.15, 0.2) is 0 Å². The molecule has 0 aliphatic carbocycles. The Balaban J connectivity index is 2.35. The molecule has 0 aromatic heterocycles. The lowest BCUT2D eigenvalue weighted by Crippen LogP contribution is -2.41. The maximum Gasteiger partial charge on any atom is 0.220 e. The standard InChI is InChI=1S/C18H29FN2O/c1-5-6-7-16(19)10-14(2)8-9-21-18(3,4)12-15-11-17(22)20-13-15/h5-7,10,15,21H,8-9,11-13H2,1-4H3,(H,20,22)/b6-5-,14-10+,16-7+. The number of carbonyl (C=O) groups is 1. The Kier molecular flexibility index (Phi) is 7.52. The molecular formula is C18H29FN2O. The predicted molar refractivity (Wildman–Crippen MR) is 90.2 cm³/mol. The first kappa shape index (κ1) is 18.6. The van der Waals surface area contributed by atoms with Crippen LogP contribution in [0.25, 0.3) is 0 Å². The summed E-state index contributed by atoms with van der Waals surface area (Å²) in [7, 11) is 0. The number of halogens is 1. The fourth-order valence-corrected chi connectivity index (χ4v) is 2.74. The van der Waals surface area contributed by atoms with Gasteiger partial charge in [0, 0.05) is 18.5 Å². The van der Waals surface area contributed by atoms with Crippen LogP contribution in [-0.2, 0) is 4.79 Å². The molecule has 0 bridgehead atoms. The third kappa shape index (κ3) is 7.55. The maximum absolute atomic E-state index is 13.5. The largest absolute Gasteiger partial charge is 0.356 e. The van der Waals surface area contributed by atoms with Gasteiger partial charge in [-0.05, 0) is 65.2 Å². The van der Waals surface area contributed by atoms with Crippen LogP contribution in [0, 0.1) is 5.92 Å². The minimum atomic E-state index is -0.217. The molecule has 1 fully saturated rings. The molecular weight excluding hydrogens is 279 g/mol. The zero-order valence-electron chi connectivity index (χ0n) is 14.2. The first-order valence-corrected chi connectivity index (χ1v) is 8.00. The van der Waals surface area contributed by atoms with Gasteiger partial charge >= 0.3 is 0 Å². The Labute approximate surface area is 133 Å². The number of carbonyl (C=O) groups excluding carboxylic acids is 1. The van der Waals surface area contributed by atoms with Crippen LogP contribution in [-0.4, -0.2) is 24.5 Å². The molecule has 0 saturated carbocycles. The number of hydrogen-bond acceptors (Lipinski definition) is 2. The van der Waals surface area contributed by atoms with Crippen molar-refractivity contribution in [3.8, 4) is 0 Å². The van der Waals surface area contributed by atoms with Crippen molar-refractivity contribution in [3.05, 3.63) is 35.7 Å². The van der Waals surface area contributed by atoms with Gasteiger partial charge in [-0.2, -0.15) is 0 Å². The summed E-state index contributed by atoms with van der Waals surface area (Å²) in [6.07, 6.45) is 8.93. The number of rotatable bonds is 8. The molecule has 2 N–H and O–H groups in total. The summed E-state index contributed by atoms with van der Waals surface area (Å²) in [5.41, 5.74) is 0.996. The fraction of sp³-hybridized carbons (Fsp3) is 0.611. The van der Waals surface area contributed by atoms with Gasteiger partial charge in [0.2, 0.25) is 5.91 Å². The van der Waals surface area contributed by atoms with Crippen molar-refractivity contribution in [1.29, 1.82) is 0 Å². The van der Waals surface area contributed by atoms with Crippen LogP contribution in [0.1, 0.15) is 47.0 Å². The van der Waals surface area contributed by atoms with Crippen molar-refractivity contribution in [1.82, 2.24) is 10.6 Å². The van der Waals surface area contributed by atoms with E-state index >= 15 is 0 Å². The second-order valence-electron chi connectivity index (χ2n) is 6.71. The molecule has 1 atom stereocenters. The lowest BCUT2D eigenvalue weighted by atomic mass is 9.89. The van der Waals surface area contributed by atoms with Crippen molar-refractivity contribution >= 4 is 5.91 Å². The van der Waals surface area contributed by atoms with E-state index in [4.69, 9.17) is 0 Å². The lowest BCUT2D eigenvalue weighted by molar-refractivity contribution is -0.119. The highest BCUT2D eigenvalue weighted by Gasteiger charge is 2.28. The highest BCUT2D eigenvalue weighted by molar-refractivity contribution is 5.78. The predicted octanol–water partition coefficient (Wildman–Crippen LogP) is 3.65. The molecule has 1 saturated heterocycles. The Morgan fingerprint density at radius 2 is 2.23 bits per heavy atom. The van der Waals surface area contributed by atoms with Crippen molar-refractivity contribution in [2.24, 2.45) is 5.92 Å². The Bertz CT molecular complexity index is 464. The van der Waals surface area contributed by atoms with Gasteiger partial charge in [-0.1, -0.05) is 17.7 Å². The van der Waals surface area contributed by atoms with E-state index < -0.39 is 0 Å². The van der Waals surface area contributed by atoms with Gasteiger partial charge in [-0.25, -0.2) is 4.39 Å². The van der Waals surface area contributed by atoms with Gasteiger partial charge in [0.1, 0.15) is 5.83 Å². The minimum absolute atomic E-state index is 0.0173. The van der Waals surface area contributed by atoms with Crippen LogP contribution in [0.15, 0.2) is 35.7 Å². The van der Waals surface area contributed by atoms with Crippen LogP contribution < -0.4 is 10.6 Å². The summed E-state index contributed by atoms with van der Waals surface area (Å²) in [6, 6.07) is 0. The minimum Gasteiger partial charge on any atom is -0.356 e. The quantitative estimate of drug-likeness (QED) is 0.672. The second kappa shape index (κ2) is 8.89. The van der Waals surface area contributed by atoms with Crippen molar-refractivity contribution in [2.75, 3.05) is 13.1 Å². The summed E-state index contributed by atoms with van der Waals surface area (Å²) < 4.78 is 13.5. The van der Waals surface area contributed by atoms with Gasteiger partial charge in [-0.15, -0.1) is 0 Å². The Hall–Kier alpha value is -1.42. The molecule has 22 heavy (non-hydrogen) atoms. The zero-order valence-corrected chi connectivity index (χ0v) is 14.2. The monoisotopic (exact) mass is 308 g/mol. The van der Waals surface area contributed by atoms with Crippen LogP contribution in [0.2, 0.25) is 0 Å². The smallest absolute Gasteiger partial charge is 0.220 e. The van der Waals surface area contributed by atoms with Gasteiger partial charge in [0.05, 0.1) is 0 Å². The van der Waals surface area contributed by atoms with Crippen LogP contribution >= 0.6 is 0 Å². The first-order valence-electron chi connectivity index (χ1n) is 8.00. The summed E-state index contributed by atoms with van der Waals surface area (Å²) >= 11 is 0. The van der Waals surface area contributed by atoms with Crippen LogP contribution in [0.3, 0.4) is 0 Å². The fourth-order valence-electron chi connectivity index (χ4n) is 2.74. The molecule has 1 amide bonds. The van der Waals surface area contributed by atoms with Gasteiger partial charge in [-0.3, -0.25) is 4.79 Å². The van der Waals surface area contributed by atoms with Gasteiger partial charge < -0.3 is 10.6 Å². The second-order valence-corrected chi connectivity index (χ2v) is 6.71. The molecule has 4 heteroatoms. The normalized spacial score (nSPS) is 20.8. The Morgan fingerprint density at radius 1 is 1.50 bits per heavy atom. The van der Waals surface area contributed by atoms with Gasteiger partial charge in [0.25, 0.3) is 0 Å². The molecule has 0 aromatic rings. The molecule has 0 spiro atoms. The summed E-state index contributed by atoms with van der Waals surface area (Å²) in [5.74, 6) is 0.348. The topological polar surface area (TPSA) is 41.1 Å². The van der Waals surface area contributed by atoms with E-state index in [0.29, 0.717) is 12.3 Å². The molecule has 124 valence electrons. The van der Waals surface area contributed by atoms with Crippen molar-refractivity contribution in [3.63, 3.8) is 0 Å². The average Bonchev–Trinajstić information content (AvgIpc) is 2.80. The summed E-state index contributed by atoms with van der Waals surface area (Å²) in [6.45, 7) is 9.70. The number of allylic oxidation sites excluding steroid dienone is 5. The van der Waals surface area contributed by atoms with E-state index in [-0.39, 0.29) is 17.3 Å². The van der Waals surface area contributed by atoms with Crippen molar-refractivity contribution in [2.45, 2.75) is 52.5 Å². The first-order chi connectivity index (χ1) is 10.3. The highest BCUT2D eigenvalue weighted by atomic mass is 19.1. The molecule has 3 nitrogen and oxygen atoms in total.